The number of aryl methyl sites for hydroxylation is 1. The molecule has 0 saturated carbocycles. The molecule has 0 bridgehead atoms. The third-order valence-electron chi connectivity index (χ3n) is 3.80. The van der Waals surface area contributed by atoms with E-state index in [0.29, 0.717) is 6.04 Å². The van der Waals surface area contributed by atoms with Crippen LogP contribution in [0.25, 0.3) is 0 Å². The Kier molecular flexibility index (Phi) is 5.68. The van der Waals surface area contributed by atoms with Gasteiger partial charge in [0.15, 0.2) is 0 Å². The van der Waals surface area contributed by atoms with E-state index in [0.717, 1.165) is 31.2 Å². The Balaban J connectivity index is 2.00. The first-order valence-electron chi connectivity index (χ1n) is 7.40. The molecule has 106 valence electrons. The van der Waals surface area contributed by atoms with Crippen LogP contribution in [0.5, 0.6) is 0 Å². The smallest absolute Gasteiger partial charge is 0.0453 e. The summed E-state index contributed by atoms with van der Waals surface area (Å²) in [7, 11) is 0. The zero-order valence-electron chi connectivity index (χ0n) is 12.1. The monoisotopic (exact) mass is 280 g/mol. The molecule has 0 radical (unpaired) electrons. The number of nitrogens with one attached hydrogen (secondary N) is 1. The summed E-state index contributed by atoms with van der Waals surface area (Å²) < 4.78 is 0. The first-order valence-corrected chi connectivity index (χ1v) is 7.77. The Morgan fingerprint density at radius 3 is 3.00 bits per heavy atom. The first kappa shape index (κ1) is 14.8. The van der Waals surface area contributed by atoms with Gasteiger partial charge in [0.2, 0.25) is 0 Å². The lowest BCUT2D eigenvalue weighted by atomic mass is 10.1. The standard InChI is InChI=1S/C16H25ClN2/c1-3-5-15-12-19(9-4-8-18-15)11-14-7-6-13(2)10-16(14)17/h6-7,10,15,18H,3-5,8-9,11-12H2,1-2H3. The van der Waals surface area contributed by atoms with E-state index in [2.05, 4.69) is 42.3 Å². The summed E-state index contributed by atoms with van der Waals surface area (Å²) in [6.07, 6.45) is 3.73. The molecule has 1 atom stereocenters. The third kappa shape index (κ3) is 4.48. The molecule has 1 aliphatic rings. The SMILES string of the molecule is CCCC1CN(Cc2ccc(C)cc2Cl)CCCN1. The average molecular weight is 281 g/mol. The maximum Gasteiger partial charge on any atom is 0.0453 e. The van der Waals surface area contributed by atoms with Crippen molar-refractivity contribution in [1.29, 1.82) is 0 Å². The highest BCUT2D eigenvalue weighted by Crippen LogP contribution is 2.20. The molecule has 1 fully saturated rings. The Labute approximate surface area is 122 Å². The molecule has 1 heterocycles. The van der Waals surface area contributed by atoms with Crippen LogP contribution < -0.4 is 5.32 Å². The summed E-state index contributed by atoms with van der Waals surface area (Å²) in [5.74, 6) is 0. The zero-order chi connectivity index (χ0) is 13.7. The minimum Gasteiger partial charge on any atom is -0.313 e. The van der Waals surface area contributed by atoms with Crippen LogP contribution in [-0.2, 0) is 6.54 Å². The van der Waals surface area contributed by atoms with Crippen LogP contribution in [0.1, 0.15) is 37.3 Å². The highest BCUT2D eigenvalue weighted by molar-refractivity contribution is 6.31. The highest BCUT2D eigenvalue weighted by Gasteiger charge is 2.17. The molecule has 1 aliphatic heterocycles. The molecule has 0 aliphatic carbocycles. The van der Waals surface area contributed by atoms with Crippen molar-refractivity contribution in [3.05, 3.63) is 34.3 Å². The van der Waals surface area contributed by atoms with Gasteiger partial charge in [-0.05, 0) is 50.0 Å². The molecule has 1 aromatic rings. The molecular weight excluding hydrogens is 256 g/mol. The minimum absolute atomic E-state index is 0.636. The Hall–Kier alpha value is -0.570. The van der Waals surface area contributed by atoms with Crippen molar-refractivity contribution in [1.82, 2.24) is 10.2 Å². The van der Waals surface area contributed by atoms with Gasteiger partial charge >= 0.3 is 0 Å². The van der Waals surface area contributed by atoms with Crippen LogP contribution in [-0.4, -0.2) is 30.6 Å². The summed E-state index contributed by atoms with van der Waals surface area (Å²) in [4.78, 5) is 2.54. The van der Waals surface area contributed by atoms with Crippen molar-refractivity contribution in [2.45, 2.75) is 45.7 Å². The van der Waals surface area contributed by atoms with Gasteiger partial charge in [-0.2, -0.15) is 0 Å². The number of nitrogens with zero attached hydrogens (tertiary/aromatic N) is 1. The predicted molar refractivity (Wildman–Crippen MR) is 82.8 cm³/mol. The first-order chi connectivity index (χ1) is 9.19. The molecule has 1 saturated heterocycles. The Bertz CT molecular complexity index is 406. The lowest BCUT2D eigenvalue weighted by Gasteiger charge is -2.24. The number of hydrogen-bond acceptors (Lipinski definition) is 2. The van der Waals surface area contributed by atoms with E-state index in [1.54, 1.807) is 0 Å². The second-order valence-electron chi connectivity index (χ2n) is 5.62. The van der Waals surface area contributed by atoms with Gasteiger partial charge in [-0.1, -0.05) is 37.1 Å². The van der Waals surface area contributed by atoms with Crippen molar-refractivity contribution >= 4 is 11.6 Å². The van der Waals surface area contributed by atoms with Gasteiger partial charge in [0.25, 0.3) is 0 Å². The van der Waals surface area contributed by atoms with E-state index in [-0.39, 0.29) is 0 Å². The summed E-state index contributed by atoms with van der Waals surface area (Å²) in [5.41, 5.74) is 2.49. The second kappa shape index (κ2) is 7.28. The summed E-state index contributed by atoms with van der Waals surface area (Å²) in [5, 5.41) is 4.55. The normalized spacial score (nSPS) is 21.3. The van der Waals surface area contributed by atoms with Crippen molar-refractivity contribution in [3.8, 4) is 0 Å². The molecule has 1 unspecified atom stereocenters. The molecular formula is C16H25ClN2. The summed E-state index contributed by atoms with van der Waals surface area (Å²) >= 11 is 6.34. The van der Waals surface area contributed by atoms with Gasteiger partial charge < -0.3 is 5.32 Å². The van der Waals surface area contributed by atoms with E-state index in [1.807, 2.05) is 0 Å². The van der Waals surface area contributed by atoms with Crippen LogP contribution in [0.15, 0.2) is 18.2 Å². The largest absolute Gasteiger partial charge is 0.313 e. The average Bonchev–Trinajstić information content (AvgIpc) is 2.59. The van der Waals surface area contributed by atoms with Gasteiger partial charge in [-0.15, -0.1) is 0 Å². The van der Waals surface area contributed by atoms with Crippen LogP contribution >= 0.6 is 11.6 Å². The molecule has 2 nitrogen and oxygen atoms in total. The van der Waals surface area contributed by atoms with Gasteiger partial charge in [-0.3, -0.25) is 4.90 Å². The summed E-state index contributed by atoms with van der Waals surface area (Å²) in [6, 6.07) is 7.03. The zero-order valence-corrected chi connectivity index (χ0v) is 12.8. The molecule has 0 amide bonds. The second-order valence-corrected chi connectivity index (χ2v) is 6.03. The van der Waals surface area contributed by atoms with E-state index in [9.17, 15) is 0 Å². The van der Waals surface area contributed by atoms with Gasteiger partial charge in [0.05, 0.1) is 0 Å². The maximum atomic E-state index is 6.34. The van der Waals surface area contributed by atoms with E-state index < -0.39 is 0 Å². The maximum absolute atomic E-state index is 6.34. The molecule has 19 heavy (non-hydrogen) atoms. The van der Waals surface area contributed by atoms with Crippen molar-refractivity contribution in [2.24, 2.45) is 0 Å². The van der Waals surface area contributed by atoms with Crippen molar-refractivity contribution in [3.63, 3.8) is 0 Å². The number of benzene rings is 1. The van der Waals surface area contributed by atoms with Crippen LogP contribution in [0, 0.1) is 6.92 Å². The molecule has 2 rings (SSSR count). The van der Waals surface area contributed by atoms with Gasteiger partial charge in [0, 0.05) is 24.2 Å². The van der Waals surface area contributed by atoms with Crippen LogP contribution in [0.4, 0.5) is 0 Å². The highest BCUT2D eigenvalue weighted by atomic mass is 35.5. The fourth-order valence-corrected chi connectivity index (χ4v) is 3.08. The fourth-order valence-electron chi connectivity index (χ4n) is 2.78. The number of rotatable bonds is 4. The lowest BCUT2D eigenvalue weighted by molar-refractivity contribution is 0.255. The Morgan fingerprint density at radius 2 is 2.26 bits per heavy atom. The molecule has 0 spiro atoms. The number of halogens is 1. The topological polar surface area (TPSA) is 15.3 Å². The fraction of sp³-hybridized carbons (Fsp3) is 0.625. The van der Waals surface area contributed by atoms with Gasteiger partial charge in [0.1, 0.15) is 0 Å². The van der Waals surface area contributed by atoms with Crippen molar-refractivity contribution in [2.75, 3.05) is 19.6 Å². The molecule has 0 aromatic heterocycles. The molecule has 1 aromatic carbocycles. The summed E-state index contributed by atoms with van der Waals surface area (Å²) in [6.45, 7) is 8.76. The lowest BCUT2D eigenvalue weighted by Crippen LogP contribution is -2.37. The van der Waals surface area contributed by atoms with Crippen LogP contribution in [0.2, 0.25) is 5.02 Å². The van der Waals surface area contributed by atoms with E-state index in [4.69, 9.17) is 11.6 Å². The van der Waals surface area contributed by atoms with E-state index >= 15 is 0 Å². The van der Waals surface area contributed by atoms with Crippen LogP contribution in [0.3, 0.4) is 0 Å². The molecule has 1 N–H and O–H groups in total. The van der Waals surface area contributed by atoms with Crippen molar-refractivity contribution < 1.29 is 0 Å². The third-order valence-corrected chi connectivity index (χ3v) is 4.15. The Morgan fingerprint density at radius 1 is 1.42 bits per heavy atom. The molecule has 3 heteroatoms. The van der Waals surface area contributed by atoms with Gasteiger partial charge in [-0.25, -0.2) is 0 Å². The minimum atomic E-state index is 0.636. The predicted octanol–water partition coefficient (Wildman–Crippen LogP) is 3.61. The number of hydrogen-bond donors (Lipinski definition) is 1. The van der Waals surface area contributed by atoms with E-state index in [1.165, 1.54) is 30.4 Å². The quantitative estimate of drug-likeness (QED) is 0.906.